The van der Waals surface area contributed by atoms with Crippen LogP contribution in [-0.2, 0) is 6.42 Å². The van der Waals surface area contributed by atoms with Gasteiger partial charge in [0, 0.05) is 23.8 Å². The zero-order chi connectivity index (χ0) is 20.9. The number of halogens is 3. The standard InChI is InChI=1S/C21H17F3N4O2/c22-21(23,24)30-14-7-8-15-16(9-6-13-4-5-13)26-20(29)28(17(15)12-14)19-3-1-2-18-25-10-11-27(18)19/h1-3,7-8,10-13H,4-6,9H2. The van der Waals surface area contributed by atoms with Gasteiger partial charge in [-0.05, 0) is 43.0 Å². The lowest BCUT2D eigenvalue weighted by Gasteiger charge is -2.16. The maximum Gasteiger partial charge on any atom is 0.573 e. The van der Waals surface area contributed by atoms with Gasteiger partial charge in [-0.2, -0.15) is 4.98 Å². The van der Waals surface area contributed by atoms with Crippen LogP contribution in [0.25, 0.3) is 22.4 Å². The number of benzene rings is 1. The van der Waals surface area contributed by atoms with Crippen molar-refractivity contribution in [1.82, 2.24) is 18.9 Å². The van der Waals surface area contributed by atoms with Crippen LogP contribution in [0.15, 0.2) is 53.6 Å². The Morgan fingerprint density at radius 1 is 1.17 bits per heavy atom. The van der Waals surface area contributed by atoms with E-state index in [0.29, 0.717) is 40.4 Å². The quantitative estimate of drug-likeness (QED) is 0.489. The van der Waals surface area contributed by atoms with Crippen molar-refractivity contribution < 1.29 is 17.9 Å². The lowest BCUT2D eigenvalue weighted by Crippen LogP contribution is -2.25. The highest BCUT2D eigenvalue weighted by molar-refractivity contribution is 5.84. The minimum Gasteiger partial charge on any atom is -0.406 e. The highest BCUT2D eigenvalue weighted by Crippen LogP contribution is 2.34. The Hall–Kier alpha value is -3.36. The Kier molecular flexibility index (Phi) is 4.27. The molecule has 1 saturated carbocycles. The van der Waals surface area contributed by atoms with Gasteiger partial charge >= 0.3 is 12.1 Å². The van der Waals surface area contributed by atoms with Gasteiger partial charge in [0.25, 0.3) is 0 Å². The first-order valence-electron chi connectivity index (χ1n) is 9.63. The average Bonchev–Trinajstić information content (AvgIpc) is 3.38. The number of aromatic nitrogens is 4. The van der Waals surface area contributed by atoms with Crippen LogP contribution in [0.5, 0.6) is 5.75 Å². The van der Waals surface area contributed by atoms with Gasteiger partial charge in [-0.1, -0.05) is 18.9 Å². The zero-order valence-electron chi connectivity index (χ0n) is 15.8. The first-order chi connectivity index (χ1) is 14.4. The smallest absolute Gasteiger partial charge is 0.406 e. The molecule has 1 aliphatic rings. The number of pyridine rings is 1. The average molecular weight is 414 g/mol. The summed E-state index contributed by atoms with van der Waals surface area (Å²) in [5.41, 5.74) is 0.949. The van der Waals surface area contributed by atoms with Gasteiger partial charge < -0.3 is 4.74 Å². The molecule has 6 nitrogen and oxygen atoms in total. The molecule has 0 spiro atoms. The number of hydrogen-bond donors (Lipinski definition) is 0. The summed E-state index contributed by atoms with van der Waals surface area (Å²) >= 11 is 0. The van der Waals surface area contributed by atoms with Gasteiger partial charge in [-0.15, -0.1) is 13.2 Å². The third kappa shape index (κ3) is 3.51. The Morgan fingerprint density at radius 3 is 2.77 bits per heavy atom. The molecule has 3 aromatic heterocycles. The molecule has 0 N–H and O–H groups in total. The number of nitrogens with zero attached hydrogens (tertiary/aromatic N) is 4. The molecule has 154 valence electrons. The molecular formula is C21H17F3N4O2. The van der Waals surface area contributed by atoms with Crippen LogP contribution in [0.1, 0.15) is 25.0 Å². The first-order valence-corrected chi connectivity index (χ1v) is 9.63. The zero-order valence-corrected chi connectivity index (χ0v) is 15.8. The van der Waals surface area contributed by atoms with Gasteiger partial charge in [-0.25, -0.2) is 14.3 Å². The summed E-state index contributed by atoms with van der Waals surface area (Å²) in [6.07, 6.45) is 2.28. The van der Waals surface area contributed by atoms with Crippen LogP contribution in [0, 0.1) is 5.92 Å². The number of rotatable bonds is 5. The second-order valence-corrected chi connectivity index (χ2v) is 7.42. The molecule has 4 aromatic rings. The molecule has 1 fully saturated rings. The molecule has 0 aliphatic heterocycles. The number of fused-ring (bicyclic) bond motifs is 2. The number of ether oxygens (including phenoxy) is 1. The normalized spacial score (nSPS) is 14.5. The Balaban J connectivity index is 1.74. The van der Waals surface area contributed by atoms with E-state index in [1.165, 1.54) is 35.6 Å². The molecular weight excluding hydrogens is 397 g/mol. The number of aryl methyl sites for hydroxylation is 1. The summed E-state index contributed by atoms with van der Waals surface area (Å²) in [5, 5.41) is 0.627. The number of imidazole rings is 1. The molecule has 0 radical (unpaired) electrons. The third-order valence-corrected chi connectivity index (χ3v) is 5.30. The van der Waals surface area contributed by atoms with Crippen molar-refractivity contribution in [2.45, 2.75) is 32.0 Å². The van der Waals surface area contributed by atoms with Gasteiger partial charge in [0.2, 0.25) is 0 Å². The van der Waals surface area contributed by atoms with Crippen LogP contribution in [0.4, 0.5) is 13.2 Å². The summed E-state index contributed by atoms with van der Waals surface area (Å²) in [5.74, 6) is 0.683. The van der Waals surface area contributed by atoms with E-state index < -0.39 is 12.1 Å². The maximum atomic E-state index is 13.0. The lowest BCUT2D eigenvalue weighted by molar-refractivity contribution is -0.274. The molecule has 30 heavy (non-hydrogen) atoms. The fourth-order valence-electron chi connectivity index (χ4n) is 3.74. The molecule has 0 saturated heterocycles. The lowest BCUT2D eigenvalue weighted by atomic mass is 10.1. The van der Waals surface area contributed by atoms with E-state index in [1.807, 2.05) is 0 Å². The fraction of sp³-hybridized carbons (Fsp3) is 0.286. The van der Waals surface area contributed by atoms with Gasteiger partial charge in [0.15, 0.2) is 0 Å². The van der Waals surface area contributed by atoms with Crippen molar-refractivity contribution in [3.63, 3.8) is 0 Å². The van der Waals surface area contributed by atoms with E-state index in [4.69, 9.17) is 0 Å². The highest BCUT2D eigenvalue weighted by Gasteiger charge is 2.31. The van der Waals surface area contributed by atoms with Crippen LogP contribution in [-0.4, -0.2) is 25.3 Å². The van der Waals surface area contributed by atoms with Crippen molar-refractivity contribution in [2.75, 3.05) is 0 Å². The van der Waals surface area contributed by atoms with E-state index in [9.17, 15) is 18.0 Å². The highest BCUT2D eigenvalue weighted by atomic mass is 19.4. The summed E-state index contributed by atoms with van der Waals surface area (Å²) in [4.78, 5) is 21.5. The van der Waals surface area contributed by atoms with Crippen molar-refractivity contribution >= 4 is 16.6 Å². The molecule has 3 heterocycles. The minimum atomic E-state index is -4.83. The van der Waals surface area contributed by atoms with Crippen LogP contribution >= 0.6 is 0 Å². The molecule has 1 aliphatic carbocycles. The topological polar surface area (TPSA) is 61.4 Å². The van der Waals surface area contributed by atoms with E-state index in [-0.39, 0.29) is 5.75 Å². The molecule has 0 bridgehead atoms. The van der Waals surface area contributed by atoms with Gasteiger partial charge in [0.1, 0.15) is 17.2 Å². The van der Waals surface area contributed by atoms with E-state index in [2.05, 4.69) is 14.7 Å². The van der Waals surface area contributed by atoms with Crippen molar-refractivity contribution in [1.29, 1.82) is 0 Å². The number of hydrogen-bond acceptors (Lipinski definition) is 4. The van der Waals surface area contributed by atoms with E-state index in [1.54, 1.807) is 35.0 Å². The molecule has 0 amide bonds. The fourth-order valence-corrected chi connectivity index (χ4v) is 3.74. The van der Waals surface area contributed by atoms with Crippen molar-refractivity contribution in [3.05, 3.63) is 65.0 Å². The Morgan fingerprint density at radius 2 is 2.00 bits per heavy atom. The van der Waals surface area contributed by atoms with Gasteiger partial charge in [0.05, 0.1) is 11.2 Å². The summed E-state index contributed by atoms with van der Waals surface area (Å²) in [6.45, 7) is 0. The first kappa shape index (κ1) is 18.7. The Bertz CT molecular complexity index is 1310. The molecule has 0 atom stereocenters. The number of alkyl halides is 3. The van der Waals surface area contributed by atoms with Crippen LogP contribution in [0.2, 0.25) is 0 Å². The predicted octanol–water partition coefficient (Wildman–Crippen LogP) is 4.27. The van der Waals surface area contributed by atoms with Gasteiger partial charge in [-0.3, -0.25) is 4.40 Å². The van der Waals surface area contributed by atoms with Crippen molar-refractivity contribution in [2.24, 2.45) is 5.92 Å². The second-order valence-electron chi connectivity index (χ2n) is 7.42. The van der Waals surface area contributed by atoms with Crippen LogP contribution in [0.3, 0.4) is 0 Å². The summed E-state index contributed by atoms with van der Waals surface area (Å²) in [6, 6.07) is 9.22. The Labute approximate surface area is 168 Å². The molecule has 9 heteroatoms. The summed E-state index contributed by atoms with van der Waals surface area (Å²) in [7, 11) is 0. The summed E-state index contributed by atoms with van der Waals surface area (Å²) < 4.78 is 45.5. The largest absolute Gasteiger partial charge is 0.573 e. The van der Waals surface area contributed by atoms with Crippen LogP contribution < -0.4 is 10.4 Å². The monoisotopic (exact) mass is 414 g/mol. The second kappa shape index (κ2) is 6.86. The van der Waals surface area contributed by atoms with E-state index >= 15 is 0 Å². The molecule has 0 unspecified atom stereocenters. The van der Waals surface area contributed by atoms with Crippen molar-refractivity contribution in [3.8, 4) is 11.6 Å². The molecule has 1 aromatic carbocycles. The minimum absolute atomic E-state index is 0.309. The third-order valence-electron chi connectivity index (χ3n) is 5.30. The SMILES string of the molecule is O=c1nc(CCC2CC2)c2ccc(OC(F)(F)F)cc2n1-c1cccc2nccn12. The molecule has 5 rings (SSSR count). The van der Waals surface area contributed by atoms with E-state index in [0.717, 1.165) is 6.42 Å². The maximum absolute atomic E-state index is 13.0. The predicted molar refractivity (Wildman–Crippen MR) is 104 cm³/mol.